The molecule has 0 radical (unpaired) electrons. The van der Waals surface area contributed by atoms with Gasteiger partial charge in [-0.25, -0.2) is 0 Å². The maximum Gasteiger partial charge on any atom is 0.0601 e. The molecule has 0 N–H and O–H groups in total. The fourth-order valence-electron chi connectivity index (χ4n) is 1.74. The second kappa shape index (κ2) is 6.90. The van der Waals surface area contributed by atoms with Gasteiger partial charge in [-0.2, -0.15) is 0 Å². The van der Waals surface area contributed by atoms with Crippen molar-refractivity contribution in [2.24, 2.45) is 5.92 Å². The van der Waals surface area contributed by atoms with Crippen LogP contribution in [0.25, 0.3) is 0 Å². The maximum absolute atomic E-state index is 3.28. The average molecular weight is 193 g/mol. The van der Waals surface area contributed by atoms with E-state index in [0.717, 1.165) is 18.9 Å². The summed E-state index contributed by atoms with van der Waals surface area (Å²) in [5, 5.41) is 0. The molecule has 0 aliphatic carbocycles. The molecule has 0 saturated carbocycles. The van der Waals surface area contributed by atoms with Crippen LogP contribution >= 0.6 is 0 Å². The van der Waals surface area contributed by atoms with Crippen LogP contribution in [0.2, 0.25) is 0 Å². The van der Waals surface area contributed by atoms with E-state index in [2.05, 4.69) is 30.6 Å². The van der Waals surface area contributed by atoms with Gasteiger partial charge in [0.1, 0.15) is 0 Å². The zero-order valence-corrected chi connectivity index (χ0v) is 9.68. The molecule has 0 amide bonds. The summed E-state index contributed by atoms with van der Waals surface area (Å²) in [6.45, 7) is 8.07. The molecular weight excluding hydrogens is 170 g/mol. The van der Waals surface area contributed by atoms with Crippen molar-refractivity contribution in [3.8, 4) is 11.8 Å². The van der Waals surface area contributed by atoms with Gasteiger partial charge in [0.25, 0.3) is 0 Å². The number of likely N-dealkylation sites (tertiary alicyclic amines) is 1. The fraction of sp³-hybridized carbons (Fsp3) is 0.846. The van der Waals surface area contributed by atoms with Crippen LogP contribution < -0.4 is 0 Å². The first kappa shape index (κ1) is 11.6. The summed E-state index contributed by atoms with van der Waals surface area (Å²) >= 11 is 0. The van der Waals surface area contributed by atoms with Crippen LogP contribution in [-0.4, -0.2) is 24.5 Å². The highest BCUT2D eigenvalue weighted by Gasteiger charge is 2.13. The Hall–Kier alpha value is -0.480. The van der Waals surface area contributed by atoms with Gasteiger partial charge in [0, 0.05) is 6.42 Å². The molecule has 0 bridgehead atoms. The zero-order chi connectivity index (χ0) is 10.2. The molecule has 0 spiro atoms. The zero-order valence-electron chi connectivity index (χ0n) is 9.68. The lowest BCUT2D eigenvalue weighted by molar-refractivity contribution is 0.213. The largest absolute Gasteiger partial charge is 0.292 e. The van der Waals surface area contributed by atoms with Crippen molar-refractivity contribution in [2.45, 2.75) is 46.0 Å². The average Bonchev–Trinajstić information content (AvgIpc) is 2.21. The van der Waals surface area contributed by atoms with Gasteiger partial charge in [0.05, 0.1) is 6.54 Å². The SMILES string of the molecule is CCCCC#CCN1CCC(C)CC1. The summed E-state index contributed by atoms with van der Waals surface area (Å²) in [5.41, 5.74) is 0. The van der Waals surface area contributed by atoms with E-state index in [4.69, 9.17) is 0 Å². The highest BCUT2D eigenvalue weighted by atomic mass is 15.1. The summed E-state index contributed by atoms with van der Waals surface area (Å²) in [5.74, 6) is 7.46. The third-order valence-electron chi connectivity index (χ3n) is 2.96. The van der Waals surface area contributed by atoms with Gasteiger partial charge in [0.15, 0.2) is 0 Å². The van der Waals surface area contributed by atoms with Crippen LogP contribution in [0, 0.1) is 17.8 Å². The molecule has 1 fully saturated rings. The number of nitrogens with zero attached hydrogens (tertiary/aromatic N) is 1. The Labute approximate surface area is 88.9 Å². The third-order valence-corrected chi connectivity index (χ3v) is 2.96. The minimum Gasteiger partial charge on any atom is -0.292 e. The van der Waals surface area contributed by atoms with Crippen molar-refractivity contribution in [3.63, 3.8) is 0 Å². The molecule has 14 heavy (non-hydrogen) atoms. The van der Waals surface area contributed by atoms with E-state index in [0.29, 0.717) is 0 Å². The van der Waals surface area contributed by atoms with Crippen LogP contribution in [0.3, 0.4) is 0 Å². The Bertz CT molecular complexity index is 191. The lowest BCUT2D eigenvalue weighted by Crippen LogP contribution is -2.33. The second-order valence-electron chi connectivity index (χ2n) is 4.42. The highest BCUT2D eigenvalue weighted by molar-refractivity contribution is 5.01. The lowest BCUT2D eigenvalue weighted by atomic mass is 9.99. The first-order chi connectivity index (χ1) is 6.83. The Morgan fingerprint density at radius 3 is 2.57 bits per heavy atom. The molecule has 1 rings (SSSR count). The first-order valence-corrected chi connectivity index (χ1v) is 6.01. The molecule has 0 aromatic rings. The van der Waals surface area contributed by atoms with Gasteiger partial charge in [0.2, 0.25) is 0 Å². The number of hydrogen-bond donors (Lipinski definition) is 0. The molecule has 1 nitrogen and oxygen atoms in total. The van der Waals surface area contributed by atoms with E-state index in [1.165, 1.54) is 38.8 Å². The van der Waals surface area contributed by atoms with E-state index in [9.17, 15) is 0 Å². The minimum atomic E-state index is 0.930. The molecule has 0 aromatic heterocycles. The monoisotopic (exact) mass is 193 g/mol. The van der Waals surface area contributed by atoms with E-state index in [1.807, 2.05) is 0 Å². The molecule has 0 aromatic carbocycles. The van der Waals surface area contributed by atoms with Gasteiger partial charge in [-0.3, -0.25) is 4.90 Å². The molecule has 1 aliphatic heterocycles. The van der Waals surface area contributed by atoms with Crippen molar-refractivity contribution in [1.29, 1.82) is 0 Å². The van der Waals surface area contributed by atoms with Gasteiger partial charge in [-0.15, -0.1) is 5.92 Å². The quantitative estimate of drug-likeness (QED) is 0.492. The van der Waals surface area contributed by atoms with Crippen LogP contribution in [-0.2, 0) is 0 Å². The molecule has 0 atom stereocenters. The van der Waals surface area contributed by atoms with Crippen LogP contribution in [0.15, 0.2) is 0 Å². The third kappa shape index (κ3) is 4.67. The Kier molecular flexibility index (Phi) is 5.71. The van der Waals surface area contributed by atoms with Crippen molar-refractivity contribution in [3.05, 3.63) is 0 Å². The van der Waals surface area contributed by atoms with Crippen molar-refractivity contribution in [1.82, 2.24) is 4.90 Å². The Balaban J connectivity index is 2.08. The number of rotatable bonds is 3. The number of piperidine rings is 1. The van der Waals surface area contributed by atoms with Gasteiger partial charge >= 0.3 is 0 Å². The molecule has 0 unspecified atom stereocenters. The van der Waals surface area contributed by atoms with E-state index in [1.54, 1.807) is 0 Å². The Morgan fingerprint density at radius 1 is 1.21 bits per heavy atom. The molecular formula is C13H23N. The van der Waals surface area contributed by atoms with E-state index >= 15 is 0 Å². The second-order valence-corrected chi connectivity index (χ2v) is 4.42. The van der Waals surface area contributed by atoms with Crippen LogP contribution in [0.5, 0.6) is 0 Å². The summed E-state index contributed by atoms with van der Waals surface area (Å²) in [4.78, 5) is 2.49. The molecule has 80 valence electrons. The highest BCUT2D eigenvalue weighted by Crippen LogP contribution is 2.14. The van der Waals surface area contributed by atoms with E-state index in [-0.39, 0.29) is 0 Å². The molecule has 1 heteroatoms. The van der Waals surface area contributed by atoms with E-state index < -0.39 is 0 Å². The predicted octanol–water partition coefficient (Wildman–Crippen LogP) is 2.91. The molecule has 1 aliphatic rings. The first-order valence-electron chi connectivity index (χ1n) is 6.01. The Morgan fingerprint density at radius 2 is 1.93 bits per heavy atom. The summed E-state index contributed by atoms with van der Waals surface area (Å²) < 4.78 is 0. The predicted molar refractivity (Wildman–Crippen MR) is 62.1 cm³/mol. The van der Waals surface area contributed by atoms with Crippen molar-refractivity contribution < 1.29 is 0 Å². The molecule has 1 heterocycles. The topological polar surface area (TPSA) is 3.24 Å². The normalized spacial score (nSPS) is 19.0. The summed E-state index contributed by atoms with van der Waals surface area (Å²) in [6.07, 6.45) is 6.31. The van der Waals surface area contributed by atoms with Gasteiger partial charge < -0.3 is 0 Å². The van der Waals surface area contributed by atoms with Crippen LogP contribution in [0.1, 0.15) is 46.0 Å². The van der Waals surface area contributed by atoms with Crippen LogP contribution in [0.4, 0.5) is 0 Å². The number of unbranched alkanes of at least 4 members (excludes halogenated alkanes) is 2. The lowest BCUT2D eigenvalue weighted by Gasteiger charge is -2.28. The summed E-state index contributed by atoms with van der Waals surface area (Å²) in [7, 11) is 0. The van der Waals surface area contributed by atoms with Gasteiger partial charge in [-0.05, 0) is 38.3 Å². The number of hydrogen-bond acceptors (Lipinski definition) is 1. The van der Waals surface area contributed by atoms with Crippen molar-refractivity contribution >= 4 is 0 Å². The maximum atomic E-state index is 3.28. The summed E-state index contributed by atoms with van der Waals surface area (Å²) in [6, 6.07) is 0. The smallest absolute Gasteiger partial charge is 0.0601 e. The standard InChI is InChI=1S/C13H23N/c1-3-4-5-6-7-10-14-11-8-13(2)9-12-14/h13H,3-5,8-12H2,1-2H3. The fourth-order valence-corrected chi connectivity index (χ4v) is 1.74. The molecule has 1 saturated heterocycles. The minimum absolute atomic E-state index is 0.930. The van der Waals surface area contributed by atoms with Gasteiger partial charge in [-0.1, -0.05) is 26.2 Å². The van der Waals surface area contributed by atoms with Crippen molar-refractivity contribution in [2.75, 3.05) is 19.6 Å².